The van der Waals surface area contributed by atoms with Crippen LogP contribution in [-0.4, -0.2) is 33.6 Å². The summed E-state index contributed by atoms with van der Waals surface area (Å²) in [7, 11) is 0. The van der Waals surface area contributed by atoms with Crippen LogP contribution in [0.5, 0.6) is 0 Å². The summed E-state index contributed by atoms with van der Waals surface area (Å²) in [5.41, 5.74) is 1.50. The summed E-state index contributed by atoms with van der Waals surface area (Å²) >= 11 is 1.12. The number of carbonyl (C=O) groups excluding carboxylic acids is 2. The van der Waals surface area contributed by atoms with E-state index >= 15 is 0 Å². The number of fused-ring (bicyclic) bond motifs is 1. The molecule has 0 atom stereocenters. The normalized spacial score (nSPS) is 13.4. The molecule has 32 heavy (non-hydrogen) atoms. The summed E-state index contributed by atoms with van der Waals surface area (Å²) in [5, 5.41) is 18.7. The van der Waals surface area contributed by atoms with Crippen molar-refractivity contribution < 1.29 is 14.0 Å². The van der Waals surface area contributed by atoms with Crippen LogP contribution in [0, 0.1) is 0 Å². The van der Waals surface area contributed by atoms with E-state index in [4.69, 9.17) is 4.42 Å². The van der Waals surface area contributed by atoms with Gasteiger partial charge in [-0.2, -0.15) is 10.1 Å². The van der Waals surface area contributed by atoms with Crippen LogP contribution >= 0.6 is 11.8 Å². The van der Waals surface area contributed by atoms with Crippen molar-refractivity contribution in [2.45, 2.75) is 11.6 Å². The van der Waals surface area contributed by atoms with Gasteiger partial charge in [-0.25, -0.2) is 0 Å². The molecule has 9 heteroatoms. The third kappa shape index (κ3) is 4.10. The lowest BCUT2D eigenvalue weighted by Crippen LogP contribution is -2.31. The average molecular weight is 443 g/mol. The fourth-order valence-corrected chi connectivity index (χ4v) is 3.95. The topological polar surface area (TPSA) is 101 Å². The summed E-state index contributed by atoms with van der Waals surface area (Å²) < 4.78 is 5.76. The highest BCUT2D eigenvalue weighted by Gasteiger charge is 2.26. The van der Waals surface area contributed by atoms with Gasteiger partial charge in [0.05, 0.1) is 17.9 Å². The fraction of sp³-hybridized carbons (Fsp3) is 0.0870. The molecule has 0 radical (unpaired) electrons. The van der Waals surface area contributed by atoms with Gasteiger partial charge < -0.3 is 9.73 Å². The molecule has 5 rings (SSSR count). The predicted octanol–water partition coefficient (Wildman–Crippen LogP) is 3.85. The second-order valence-electron chi connectivity index (χ2n) is 7.00. The number of thioether (sulfide) groups is 1. The largest absolute Gasteiger partial charge is 0.411 e. The molecule has 1 aliphatic rings. The first-order valence-corrected chi connectivity index (χ1v) is 10.9. The standard InChI is InChI=1S/C23H17N5O3S/c29-20(24-19-13-21(30)28(27-19)16-9-2-1-3-10-16)14-32-23-26-25-22(31-23)18-12-6-8-15-7-4-5-11-17(15)18/h1-12H,13-14H2,(H,24,27,29). The molecule has 1 N–H and O–H groups in total. The molecule has 0 saturated carbocycles. The number of hydrogen-bond donors (Lipinski definition) is 1. The molecule has 0 aliphatic carbocycles. The number of hydrazone groups is 1. The minimum atomic E-state index is -0.304. The SMILES string of the molecule is O=C(CSc1nnc(-c2cccc3ccccc23)o1)NC1=NN(c2ccccc2)C(=O)C1. The van der Waals surface area contributed by atoms with Gasteiger partial charge >= 0.3 is 0 Å². The molecule has 2 heterocycles. The van der Waals surface area contributed by atoms with Gasteiger partial charge in [0.1, 0.15) is 5.84 Å². The van der Waals surface area contributed by atoms with Crippen LogP contribution in [0.25, 0.3) is 22.2 Å². The number of aromatic nitrogens is 2. The van der Waals surface area contributed by atoms with Gasteiger partial charge in [0.2, 0.25) is 11.8 Å². The lowest BCUT2D eigenvalue weighted by atomic mass is 10.0. The van der Waals surface area contributed by atoms with Crippen LogP contribution < -0.4 is 10.3 Å². The van der Waals surface area contributed by atoms with Crippen LogP contribution in [0.1, 0.15) is 6.42 Å². The van der Waals surface area contributed by atoms with E-state index in [1.807, 2.05) is 60.7 Å². The van der Waals surface area contributed by atoms with E-state index in [-0.39, 0.29) is 24.0 Å². The van der Waals surface area contributed by atoms with E-state index in [1.165, 1.54) is 5.01 Å². The van der Waals surface area contributed by atoms with E-state index in [1.54, 1.807) is 12.1 Å². The van der Waals surface area contributed by atoms with Crippen LogP contribution in [-0.2, 0) is 9.59 Å². The number of nitrogens with zero attached hydrogens (tertiary/aromatic N) is 4. The Hall–Kier alpha value is -3.98. The summed E-state index contributed by atoms with van der Waals surface area (Å²) in [6.07, 6.45) is 0.0388. The second kappa shape index (κ2) is 8.64. The first-order chi connectivity index (χ1) is 15.7. The van der Waals surface area contributed by atoms with Crippen molar-refractivity contribution in [1.82, 2.24) is 15.5 Å². The number of amidine groups is 1. The Morgan fingerprint density at radius 3 is 2.66 bits per heavy atom. The highest BCUT2D eigenvalue weighted by Crippen LogP contribution is 2.29. The van der Waals surface area contributed by atoms with Crippen molar-refractivity contribution in [2.24, 2.45) is 5.10 Å². The van der Waals surface area contributed by atoms with Crippen molar-refractivity contribution in [3.05, 3.63) is 72.8 Å². The van der Waals surface area contributed by atoms with Gasteiger partial charge in [0, 0.05) is 5.56 Å². The van der Waals surface area contributed by atoms with E-state index < -0.39 is 0 Å². The molecule has 0 fully saturated rings. The molecule has 4 aromatic rings. The van der Waals surface area contributed by atoms with E-state index in [0.717, 1.165) is 28.1 Å². The molecule has 1 aliphatic heterocycles. The van der Waals surface area contributed by atoms with Crippen LogP contribution in [0.2, 0.25) is 0 Å². The quantitative estimate of drug-likeness (QED) is 0.470. The first-order valence-electron chi connectivity index (χ1n) is 9.87. The monoisotopic (exact) mass is 443 g/mol. The molecule has 2 amide bonds. The Bertz CT molecular complexity index is 1330. The number of para-hydroxylation sites is 1. The van der Waals surface area contributed by atoms with E-state index in [0.29, 0.717) is 22.6 Å². The zero-order valence-corrected chi connectivity index (χ0v) is 17.6. The van der Waals surface area contributed by atoms with Gasteiger partial charge in [-0.05, 0) is 29.0 Å². The van der Waals surface area contributed by atoms with Crippen LogP contribution in [0.3, 0.4) is 0 Å². The fourth-order valence-electron chi connectivity index (χ4n) is 3.38. The Morgan fingerprint density at radius 2 is 1.78 bits per heavy atom. The minimum Gasteiger partial charge on any atom is -0.411 e. The average Bonchev–Trinajstić information content (AvgIpc) is 3.44. The number of nitrogens with one attached hydrogen (secondary N) is 1. The highest BCUT2D eigenvalue weighted by atomic mass is 32.2. The Morgan fingerprint density at radius 1 is 1.00 bits per heavy atom. The summed E-state index contributed by atoms with van der Waals surface area (Å²) in [5.74, 6) is 0.257. The van der Waals surface area contributed by atoms with Crippen molar-refractivity contribution >= 4 is 45.9 Å². The molecule has 0 unspecified atom stereocenters. The molecule has 1 aromatic heterocycles. The third-order valence-corrected chi connectivity index (χ3v) is 5.63. The zero-order chi connectivity index (χ0) is 21.9. The highest BCUT2D eigenvalue weighted by molar-refractivity contribution is 7.99. The van der Waals surface area contributed by atoms with E-state index in [2.05, 4.69) is 20.6 Å². The lowest BCUT2D eigenvalue weighted by molar-refractivity contribution is -0.117. The number of rotatable bonds is 5. The van der Waals surface area contributed by atoms with Gasteiger partial charge in [-0.1, -0.05) is 66.4 Å². The molecular formula is C23H17N5O3S. The maximum Gasteiger partial charge on any atom is 0.277 e. The molecule has 0 saturated heterocycles. The minimum absolute atomic E-state index is 0.0388. The van der Waals surface area contributed by atoms with Crippen molar-refractivity contribution in [1.29, 1.82) is 0 Å². The number of anilines is 1. The zero-order valence-electron chi connectivity index (χ0n) is 16.8. The van der Waals surface area contributed by atoms with Gasteiger partial charge in [0.15, 0.2) is 0 Å². The predicted molar refractivity (Wildman–Crippen MR) is 122 cm³/mol. The maximum atomic E-state index is 12.3. The smallest absolute Gasteiger partial charge is 0.277 e. The molecular weight excluding hydrogens is 426 g/mol. The number of benzene rings is 3. The molecule has 8 nitrogen and oxygen atoms in total. The third-order valence-electron chi connectivity index (χ3n) is 4.81. The molecule has 3 aromatic carbocycles. The van der Waals surface area contributed by atoms with Crippen molar-refractivity contribution in [3.63, 3.8) is 0 Å². The lowest BCUT2D eigenvalue weighted by Gasteiger charge is -2.10. The molecule has 158 valence electrons. The first kappa shape index (κ1) is 20.0. The number of amides is 2. The number of carbonyl (C=O) groups is 2. The van der Waals surface area contributed by atoms with E-state index in [9.17, 15) is 9.59 Å². The summed E-state index contributed by atoms with van der Waals surface area (Å²) in [6.45, 7) is 0. The molecule has 0 spiro atoms. The van der Waals surface area contributed by atoms with Gasteiger partial charge in [-0.3, -0.25) is 9.59 Å². The summed E-state index contributed by atoms with van der Waals surface area (Å²) in [4.78, 5) is 24.5. The maximum absolute atomic E-state index is 12.3. The van der Waals surface area contributed by atoms with Gasteiger partial charge in [0.25, 0.3) is 11.1 Å². The summed E-state index contributed by atoms with van der Waals surface area (Å²) in [6, 6.07) is 22.9. The van der Waals surface area contributed by atoms with Crippen LogP contribution in [0.4, 0.5) is 5.69 Å². The number of hydrogen-bond acceptors (Lipinski definition) is 7. The van der Waals surface area contributed by atoms with Crippen molar-refractivity contribution in [3.8, 4) is 11.5 Å². The Labute approximate surface area is 187 Å². The molecule has 0 bridgehead atoms. The second-order valence-corrected chi connectivity index (χ2v) is 7.93. The van der Waals surface area contributed by atoms with Crippen molar-refractivity contribution in [2.75, 3.05) is 10.8 Å². The van der Waals surface area contributed by atoms with Crippen LogP contribution in [0.15, 0.2) is 87.5 Å². The Kier molecular flexibility index (Phi) is 5.39. The van der Waals surface area contributed by atoms with Gasteiger partial charge in [-0.15, -0.1) is 10.2 Å². The Balaban J connectivity index is 1.22.